The predicted octanol–water partition coefficient (Wildman–Crippen LogP) is 4.09. The van der Waals surface area contributed by atoms with Crippen LogP contribution in [0.25, 0.3) is 5.69 Å². The average molecular weight is 311 g/mol. The minimum Gasteiger partial charge on any atom is -0.235 e. The fourth-order valence-corrected chi connectivity index (χ4v) is 2.58. The van der Waals surface area contributed by atoms with Crippen molar-refractivity contribution in [2.75, 3.05) is 0 Å². The quantitative estimate of drug-likeness (QED) is 0.781. The van der Waals surface area contributed by atoms with Crippen LogP contribution in [-0.2, 0) is 11.8 Å². The molecule has 0 radical (unpaired) electrons. The van der Waals surface area contributed by atoms with E-state index in [1.54, 1.807) is 16.8 Å². The summed E-state index contributed by atoms with van der Waals surface area (Å²) in [5, 5.41) is 5.09. The lowest BCUT2D eigenvalue weighted by molar-refractivity contribution is 0.606. The Bertz CT molecular complexity index is 575. The molecule has 0 unspecified atom stereocenters. The molecule has 1 aromatic heterocycles. The number of benzene rings is 1. The first kappa shape index (κ1) is 13.3. The zero-order chi connectivity index (χ0) is 13.3. The van der Waals surface area contributed by atoms with Gasteiger partial charge in [-0.15, -0.1) is 0 Å². The lowest BCUT2D eigenvalue weighted by Crippen LogP contribution is -2.03. The van der Waals surface area contributed by atoms with Crippen LogP contribution >= 0.6 is 15.9 Å². The van der Waals surface area contributed by atoms with Crippen LogP contribution in [-0.4, -0.2) is 9.78 Å². The van der Waals surface area contributed by atoms with Gasteiger partial charge >= 0.3 is 0 Å². The summed E-state index contributed by atoms with van der Waals surface area (Å²) in [7, 11) is 0. The van der Waals surface area contributed by atoms with E-state index < -0.39 is 0 Å². The van der Waals surface area contributed by atoms with Crippen molar-refractivity contribution in [3.8, 4) is 5.69 Å². The highest BCUT2D eigenvalue weighted by atomic mass is 79.9. The molecule has 1 heterocycles. The van der Waals surface area contributed by atoms with Crippen molar-refractivity contribution in [1.29, 1.82) is 0 Å². The van der Waals surface area contributed by atoms with Gasteiger partial charge in [-0.2, -0.15) is 5.10 Å². The third-order valence-corrected chi connectivity index (χ3v) is 3.84. The van der Waals surface area contributed by atoms with Crippen molar-refractivity contribution in [1.82, 2.24) is 9.78 Å². The van der Waals surface area contributed by atoms with E-state index in [1.807, 2.05) is 19.9 Å². The lowest BCUT2D eigenvalue weighted by atomic mass is 10.1. The molecular formula is C14H16BrFN2. The van der Waals surface area contributed by atoms with E-state index in [-0.39, 0.29) is 5.82 Å². The molecule has 0 aliphatic carbocycles. The van der Waals surface area contributed by atoms with Gasteiger partial charge in [0.1, 0.15) is 11.5 Å². The summed E-state index contributed by atoms with van der Waals surface area (Å²) >= 11 is 3.32. The molecule has 0 aliphatic rings. The molecule has 0 saturated carbocycles. The number of hydrogen-bond acceptors (Lipinski definition) is 1. The molecule has 0 spiro atoms. The first-order valence-corrected chi connectivity index (χ1v) is 7.10. The van der Waals surface area contributed by atoms with Crippen LogP contribution in [0.3, 0.4) is 0 Å². The Labute approximate surface area is 115 Å². The predicted molar refractivity (Wildman–Crippen MR) is 75.0 cm³/mol. The van der Waals surface area contributed by atoms with Gasteiger partial charge in [0, 0.05) is 11.0 Å². The smallest absolute Gasteiger partial charge is 0.149 e. The molecule has 2 aromatic rings. The highest BCUT2D eigenvalue weighted by molar-refractivity contribution is 9.08. The van der Waals surface area contributed by atoms with E-state index in [0.29, 0.717) is 11.0 Å². The monoisotopic (exact) mass is 310 g/mol. The molecule has 0 atom stereocenters. The SMILES string of the molecule is CCc1c(C)nn(-c2ccc(CBr)cc2F)c1C. The second-order valence-corrected chi connectivity index (χ2v) is 4.89. The third-order valence-electron chi connectivity index (χ3n) is 3.19. The summed E-state index contributed by atoms with van der Waals surface area (Å²) in [6, 6.07) is 5.24. The van der Waals surface area contributed by atoms with Crippen molar-refractivity contribution < 1.29 is 4.39 Å². The fourth-order valence-electron chi connectivity index (χ4n) is 2.23. The van der Waals surface area contributed by atoms with Crippen molar-refractivity contribution >= 4 is 15.9 Å². The maximum Gasteiger partial charge on any atom is 0.149 e. The maximum absolute atomic E-state index is 14.1. The van der Waals surface area contributed by atoms with Crippen LogP contribution in [0.1, 0.15) is 29.4 Å². The summed E-state index contributed by atoms with van der Waals surface area (Å²) in [6.45, 7) is 6.04. The van der Waals surface area contributed by atoms with Crippen LogP contribution in [0, 0.1) is 19.7 Å². The Balaban J connectivity index is 2.55. The van der Waals surface area contributed by atoms with E-state index in [9.17, 15) is 4.39 Å². The molecule has 0 N–H and O–H groups in total. The van der Waals surface area contributed by atoms with Crippen molar-refractivity contribution in [3.63, 3.8) is 0 Å². The van der Waals surface area contributed by atoms with Crippen LogP contribution in [0.2, 0.25) is 0 Å². The topological polar surface area (TPSA) is 17.8 Å². The molecule has 0 saturated heterocycles. The molecule has 4 heteroatoms. The number of nitrogens with zero attached hydrogens (tertiary/aromatic N) is 2. The summed E-state index contributed by atoms with van der Waals surface area (Å²) in [6.07, 6.45) is 0.915. The largest absolute Gasteiger partial charge is 0.235 e. The van der Waals surface area contributed by atoms with Gasteiger partial charge in [-0.25, -0.2) is 9.07 Å². The molecule has 2 rings (SSSR count). The minimum absolute atomic E-state index is 0.236. The number of aryl methyl sites for hydroxylation is 1. The number of alkyl halides is 1. The van der Waals surface area contributed by atoms with Gasteiger partial charge in [-0.3, -0.25) is 0 Å². The van der Waals surface area contributed by atoms with Crippen molar-refractivity contribution in [3.05, 3.63) is 46.5 Å². The number of rotatable bonds is 3. The van der Waals surface area contributed by atoms with E-state index in [1.165, 1.54) is 5.56 Å². The van der Waals surface area contributed by atoms with Gasteiger partial charge in [-0.05, 0) is 43.5 Å². The normalized spacial score (nSPS) is 10.9. The van der Waals surface area contributed by atoms with Crippen LogP contribution in [0.4, 0.5) is 4.39 Å². The Morgan fingerprint density at radius 2 is 2.06 bits per heavy atom. The fraction of sp³-hybridized carbons (Fsp3) is 0.357. The van der Waals surface area contributed by atoms with E-state index >= 15 is 0 Å². The molecule has 2 nitrogen and oxygen atoms in total. The van der Waals surface area contributed by atoms with Crippen LogP contribution in [0.15, 0.2) is 18.2 Å². The zero-order valence-electron chi connectivity index (χ0n) is 10.8. The molecule has 96 valence electrons. The Morgan fingerprint density at radius 1 is 1.33 bits per heavy atom. The van der Waals surface area contributed by atoms with Gasteiger partial charge in [0.2, 0.25) is 0 Å². The van der Waals surface area contributed by atoms with Crippen molar-refractivity contribution in [2.24, 2.45) is 0 Å². The van der Waals surface area contributed by atoms with Gasteiger partial charge in [-0.1, -0.05) is 28.9 Å². The van der Waals surface area contributed by atoms with E-state index in [2.05, 4.69) is 28.0 Å². The molecule has 0 aliphatic heterocycles. The molecule has 0 bridgehead atoms. The molecule has 18 heavy (non-hydrogen) atoms. The summed E-state index contributed by atoms with van der Waals surface area (Å²) in [5.74, 6) is -0.236. The Hall–Kier alpha value is -1.16. The second kappa shape index (κ2) is 5.22. The van der Waals surface area contributed by atoms with Crippen molar-refractivity contribution in [2.45, 2.75) is 32.5 Å². The summed E-state index contributed by atoms with van der Waals surface area (Å²) in [4.78, 5) is 0. The first-order chi connectivity index (χ1) is 8.58. The average Bonchev–Trinajstić information content (AvgIpc) is 2.64. The molecule has 0 amide bonds. The highest BCUT2D eigenvalue weighted by Crippen LogP contribution is 2.21. The van der Waals surface area contributed by atoms with Gasteiger partial charge < -0.3 is 0 Å². The zero-order valence-corrected chi connectivity index (χ0v) is 12.4. The molecule has 0 fully saturated rings. The Kier molecular flexibility index (Phi) is 3.85. The third kappa shape index (κ3) is 2.21. The maximum atomic E-state index is 14.1. The Morgan fingerprint density at radius 3 is 2.56 bits per heavy atom. The minimum atomic E-state index is -0.236. The van der Waals surface area contributed by atoms with Gasteiger partial charge in [0.15, 0.2) is 0 Å². The van der Waals surface area contributed by atoms with Crippen LogP contribution in [0.5, 0.6) is 0 Å². The lowest BCUT2D eigenvalue weighted by Gasteiger charge is -2.07. The number of hydrogen-bond donors (Lipinski definition) is 0. The summed E-state index contributed by atoms with van der Waals surface area (Å²) in [5.41, 5.74) is 4.62. The standard InChI is InChI=1S/C14H16BrFN2/c1-4-12-9(2)17-18(10(12)3)14-6-5-11(8-15)7-13(14)16/h5-7H,4,8H2,1-3H3. The number of halogens is 2. The molecule has 1 aromatic carbocycles. The van der Waals surface area contributed by atoms with Gasteiger partial charge in [0.25, 0.3) is 0 Å². The van der Waals surface area contributed by atoms with E-state index in [0.717, 1.165) is 23.4 Å². The summed E-state index contributed by atoms with van der Waals surface area (Å²) < 4.78 is 15.8. The van der Waals surface area contributed by atoms with E-state index in [4.69, 9.17) is 0 Å². The highest BCUT2D eigenvalue weighted by Gasteiger charge is 2.14. The second-order valence-electron chi connectivity index (χ2n) is 4.33. The van der Waals surface area contributed by atoms with Crippen LogP contribution < -0.4 is 0 Å². The molecular weight excluding hydrogens is 295 g/mol. The van der Waals surface area contributed by atoms with Gasteiger partial charge in [0.05, 0.1) is 5.69 Å². The number of aromatic nitrogens is 2. The first-order valence-electron chi connectivity index (χ1n) is 5.98.